The van der Waals surface area contributed by atoms with Crippen LogP contribution in [0.3, 0.4) is 0 Å². The maximum atomic E-state index is 6.22. The first-order valence-corrected chi connectivity index (χ1v) is 11.7. The van der Waals surface area contributed by atoms with Crippen LogP contribution in [0.1, 0.15) is 64.2 Å². The van der Waals surface area contributed by atoms with E-state index in [1.54, 1.807) is 0 Å². The van der Waals surface area contributed by atoms with Gasteiger partial charge in [-0.2, -0.15) is 0 Å². The van der Waals surface area contributed by atoms with Gasteiger partial charge in [-0.25, -0.2) is 0 Å². The zero-order chi connectivity index (χ0) is 11.4. The largest absolute Gasteiger partial charge is 0.127 e. The Kier molecular flexibility index (Phi) is 5.25. The molecular formula is C13H25PS2. The molecule has 0 aliphatic heterocycles. The highest BCUT2D eigenvalue weighted by Crippen LogP contribution is 2.70. The molecule has 2 saturated carbocycles. The molecule has 0 aromatic rings. The molecular weight excluding hydrogens is 251 g/mol. The van der Waals surface area contributed by atoms with E-state index in [0.29, 0.717) is 0 Å². The minimum atomic E-state index is -1.10. The third-order valence-electron chi connectivity index (χ3n) is 4.45. The Morgan fingerprint density at radius 1 is 0.812 bits per heavy atom. The van der Waals surface area contributed by atoms with Gasteiger partial charge in [-0.05, 0) is 43.3 Å². The summed E-state index contributed by atoms with van der Waals surface area (Å²) in [5.41, 5.74) is 1.88. The zero-order valence-electron chi connectivity index (χ0n) is 10.5. The van der Waals surface area contributed by atoms with Gasteiger partial charge in [0.25, 0.3) is 0 Å². The lowest BCUT2D eigenvalue weighted by atomic mass is 10.00. The van der Waals surface area contributed by atoms with Crippen LogP contribution in [0.15, 0.2) is 0 Å². The first-order chi connectivity index (χ1) is 7.77. The maximum absolute atomic E-state index is 6.22. The molecule has 0 radical (unpaired) electrons. The molecule has 0 N–H and O–H groups in total. The number of hydrogen-bond acceptors (Lipinski definition) is 2. The Hall–Kier alpha value is 1.00. The molecule has 0 aromatic heterocycles. The van der Waals surface area contributed by atoms with Crippen LogP contribution >= 0.6 is 16.6 Å². The lowest BCUT2D eigenvalue weighted by Gasteiger charge is -2.40. The second-order valence-electron chi connectivity index (χ2n) is 5.41. The van der Waals surface area contributed by atoms with Gasteiger partial charge in [-0.1, -0.05) is 50.3 Å². The summed E-state index contributed by atoms with van der Waals surface area (Å²) in [5.74, 6) is 0. The summed E-state index contributed by atoms with van der Waals surface area (Å²) in [6.07, 6.45) is 16.9. The van der Waals surface area contributed by atoms with Crippen molar-refractivity contribution in [3.63, 3.8) is 0 Å². The highest BCUT2D eigenvalue weighted by atomic mass is 32.9. The van der Waals surface area contributed by atoms with Gasteiger partial charge in [-0.3, -0.25) is 0 Å². The average Bonchev–Trinajstić information content (AvgIpc) is 2.40. The van der Waals surface area contributed by atoms with E-state index in [2.05, 4.69) is 17.6 Å². The number of rotatable bonds is 3. The van der Waals surface area contributed by atoms with Crippen molar-refractivity contribution in [2.24, 2.45) is 0 Å². The lowest BCUT2D eigenvalue weighted by Crippen LogP contribution is -2.21. The molecule has 0 heterocycles. The van der Waals surface area contributed by atoms with Crippen molar-refractivity contribution in [1.82, 2.24) is 0 Å². The predicted molar refractivity (Wildman–Crippen MR) is 81.5 cm³/mol. The van der Waals surface area contributed by atoms with Crippen molar-refractivity contribution in [3.8, 4) is 0 Å². The molecule has 0 saturated heterocycles. The summed E-state index contributed by atoms with van der Waals surface area (Å²) in [6, 6.07) is 0. The quantitative estimate of drug-likeness (QED) is 0.632. The van der Waals surface area contributed by atoms with Gasteiger partial charge in [0.1, 0.15) is 0 Å². The van der Waals surface area contributed by atoms with Crippen LogP contribution in [0.25, 0.3) is 0 Å². The van der Waals surface area contributed by atoms with Crippen molar-refractivity contribution in [1.29, 1.82) is 0 Å². The van der Waals surface area contributed by atoms with Crippen LogP contribution < -0.4 is 0 Å². The molecule has 2 fully saturated rings. The SMILES string of the molecule is CSP(=S)(C1CCCCC1)C1CCCCC1. The molecule has 94 valence electrons. The van der Waals surface area contributed by atoms with Crippen LogP contribution in [0.5, 0.6) is 0 Å². The smallest absolute Gasteiger partial charge is 0.0121 e. The van der Waals surface area contributed by atoms with Gasteiger partial charge in [0.2, 0.25) is 0 Å². The molecule has 2 rings (SSSR count). The summed E-state index contributed by atoms with van der Waals surface area (Å²) < 4.78 is 0. The highest BCUT2D eigenvalue weighted by molar-refractivity contribution is 8.71. The Balaban J connectivity index is 2.06. The predicted octanol–water partition coefficient (Wildman–Crippen LogP) is 5.41. The van der Waals surface area contributed by atoms with Crippen molar-refractivity contribution < 1.29 is 0 Å². The van der Waals surface area contributed by atoms with Gasteiger partial charge >= 0.3 is 0 Å². The molecule has 0 aromatic carbocycles. The lowest BCUT2D eigenvalue weighted by molar-refractivity contribution is 0.488. The van der Waals surface area contributed by atoms with E-state index in [1.165, 1.54) is 64.2 Å². The summed E-state index contributed by atoms with van der Waals surface area (Å²) in [4.78, 5) is 0. The highest BCUT2D eigenvalue weighted by Gasteiger charge is 2.36. The van der Waals surface area contributed by atoms with Gasteiger partial charge in [-0.15, -0.1) is 11.4 Å². The zero-order valence-corrected chi connectivity index (χ0v) is 13.0. The summed E-state index contributed by atoms with van der Waals surface area (Å²) in [7, 11) is 0. The van der Waals surface area contributed by atoms with Gasteiger partial charge in [0, 0.05) is 5.24 Å². The van der Waals surface area contributed by atoms with Crippen LogP contribution in [-0.2, 0) is 11.8 Å². The Labute approximate surface area is 110 Å². The van der Waals surface area contributed by atoms with Crippen LogP contribution in [0.2, 0.25) is 0 Å². The monoisotopic (exact) mass is 276 g/mol. The Bertz CT molecular complexity index is 231. The molecule has 0 spiro atoms. The van der Waals surface area contributed by atoms with E-state index in [1.807, 2.05) is 0 Å². The molecule has 0 amide bonds. The topological polar surface area (TPSA) is 0 Å². The molecule has 2 aliphatic rings. The fourth-order valence-electron chi connectivity index (χ4n) is 3.48. The molecule has 0 atom stereocenters. The standard InChI is InChI=1S/C13H25PS2/c1-16-14(15,12-8-4-2-5-9-12)13-10-6-3-7-11-13/h12-13H,2-11H2,1H3. The van der Waals surface area contributed by atoms with E-state index in [4.69, 9.17) is 11.8 Å². The van der Waals surface area contributed by atoms with E-state index in [-0.39, 0.29) is 0 Å². The Morgan fingerprint density at radius 3 is 1.50 bits per heavy atom. The van der Waals surface area contributed by atoms with Gasteiger partial charge < -0.3 is 0 Å². The molecule has 2 aliphatic carbocycles. The van der Waals surface area contributed by atoms with Crippen LogP contribution in [0, 0.1) is 0 Å². The molecule has 16 heavy (non-hydrogen) atoms. The minimum Gasteiger partial charge on any atom is -0.127 e. The third kappa shape index (κ3) is 2.87. The van der Waals surface area contributed by atoms with Crippen molar-refractivity contribution >= 4 is 28.4 Å². The molecule has 0 unspecified atom stereocenters. The minimum absolute atomic E-state index is 0.939. The van der Waals surface area contributed by atoms with E-state index < -0.39 is 5.24 Å². The van der Waals surface area contributed by atoms with E-state index in [9.17, 15) is 0 Å². The van der Waals surface area contributed by atoms with Crippen LogP contribution in [-0.4, -0.2) is 17.6 Å². The molecule has 0 bridgehead atoms. The molecule has 3 heteroatoms. The van der Waals surface area contributed by atoms with Gasteiger partial charge in [0.15, 0.2) is 0 Å². The number of hydrogen-bond donors (Lipinski definition) is 0. The molecule has 0 nitrogen and oxygen atoms in total. The van der Waals surface area contributed by atoms with Gasteiger partial charge in [0.05, 0.1) is 0 Å². The first-order valence-electron chi connectivity index (χ1n) is 6.92. The average molecular weight is 276 g/mol. The van der Waals surface area contributed by atoms with Crippen molar-refractivity contribution in [2.45, 2.75) is 75.5 Å². The van der Waals surface area contributed by atoms with Crippen LogP contribution in [0.4, 0.5) is 0 Å². The summed E-state index contributed by atoms with van der Waals surface area (Å²) in [6.45, 7) is 0. The first kappa shape index (κ1) is 13.4. The van der Waals surface area contributed by atoms with E-state index in [0.717, 1.165) is 11.3 Å². The maximum Gasteiger partial charge on any atom is 0.0121 e. The second kappa shape index (κ2) is 6.25. The normalized spacial score (nSPS) is 25.8. The summed E-state index contributed by atoms with van der Waals surface area (Å²) in [5, 5.41) is -1.10. The van der Waals surface area contributed by atoms with Crippen molar-refractivity contribution in [3.05, 3.63) is 0 Å². The van der Waals surface area contributed by atoms with Crippen molar-refractivity contribution in [2.75, 3.05) is 6.26 Å². The summed E-state index contributed by atoms with van der Waals surface area (Å²) >= 11 is 8.33. The second-order valence-corrected chi connectivity index (χ2v) is 13.9. The fraction of sp³-hybridized carbons (Fsp3) is 1.00. The third-order valence-corrected chi connectivity index (χ3v) is 14.7. The Morgan fingerprint density at radius 2 is 1.19 bits per heavy atom. The fourth-order valence-corrected chi connectivity index (χ4v) is 11.2. The van der Waals surface area contributed by atoms with E-state index >= 15 is 0 Å².